The number of benzene rings is 9. The first kappa shape index (κ1) is 67.8. The van der Waals surface area contributed by atoms with Crippen LogP contribution in [0, 0.1) is 46.5 Å². The third kappa shape index (κ3) is 15.9. The average Bonchev–Trinajstić information content (AvgIpc) is 1.62. The molecule has 478 valence electrons. The number of para-hydroxylation sites is 2. The molecule has 24 heteroatoms. The van der Waals surface area contributed by atoms with Crippen LogP contribution in [0.1, 0.15) is 34.6 Å². The van der Waals surface area contributed by atoms with Gasteiger partial charge in [0, 0.05) is 35.9 Å². The number of aliphatic imine (C=N–C) groups is 1. The number of rotatable bonds is 11. The Morgan fingerprint density at radius 2 is 0.798 bits per heavy atom. The largest absolute Gasteiger partial charge is 0.635 e. The lowest BCUT2D eigenvalue weighted by atomic mass is 9.78. The molecule has 0 radical (unpaired) electrons. The van der Waals surface area contributed by atoms with E-state index in [4.69, 9.17) is 37.2 Å². The number of hydrogen-bond donors (Lipinski definition) is 0. The van der Waals surface area contributed by atoms with Crippen molar-refractivity contribution in [3.05, 3.63) is 241 Å². The van der Waals surface area contributed by atoms with Crippen molar-refractivity contribution in [2.75, 3.05) is 27.3 Å². The van der Waals surface area contributed by atoms with Crippen molar-refractivity contribution in [2.45, 2.75) is 64.1 Å². The Morgan fingerprint density at radius 1 is 0.457 bits per heavy atom. The Morgan fingerprint density at radius 3 is 1.14 bits per heavy atom. The number of isocyanates is 1. The Bertz CT molecular complexity index is 4220. The van der Waals surface area contributed by atoms with Gasteiger partial charge in [-0.1, -0.05) is 109 Å². The first-order chi connectivity index (χ1) is 44.9. The predicted molar refractivity (Wildman–Crippen MR) is 345 cm³/mol. The lowest BCUT2D eigenvalue weighted by molar-refractivity contribution is -0.137. The molecular formula is C70H60B4F8N2O10. The molecule has 0 aromatic heterocycles. The molecular weight excluding hydrogens is 1220 g/mol. The molecule has 3 saturated heterocycles. The zero-order valence-corrected chi connectivity index (χ0v) is 51.9. The molecule has 3 fully saturated rings. The molecule has 4 aliphatic rings. The van der Waals surface area contributed by atoms with Gasteiger partial charge >= 0.3 is 28.5 Å². The van der Waals surface area contributed by atoms with Crippen molar-refractivity contribution in [1.29, 1.82) is 0 Å². The van der Waals surface area contributed by atoms with Gasteiger partial charge in [0.1, 0.15) is 64.1 Å². The number of hydrogen-bond acceptors (Lipinski definition) is 11. The lowest BCUT2D eigenvalue weighted by Crippen LogP contribution is -2.43. The van der Waals surface area contributed by atoms with Crippen LogP contribution in [0.25, 0.3) is 44.5 Å². The molecule has 4 heterocycles. The van der Waals surface area contributed by atoms with E-state index in [-0.39, 0.29) is 28.8 Å². The summed E-state index contributed by atoms with van der Waals surface area (Å²) in [7, 11) is -0.243. The van der Waals surface area contributed by atoms with E-state index in [1.165, 1.54) is 95.9 Å². The maximum absolute atomic E-state index is 14.8. The SMILES string of the molecule is CC(N=C=O)[C@@H]1OB(c2ccc(-c3cccc(F)c3)cc2F)O[C@H]1C(=O)N(C)C.CC1(C)OB(c2ccc(-c3cccc(F)c3)cc2F)OC1(C)C.Fc1cccc(-c2ccc(B3OCCO3)c(F)c2)c1.Fc1cccc(-c2ccc(B3Oc4ccccc4O3)c(F)c2)c1. The van der Waals surface area contributed by atoms with Crippen molar-refractivity contribution in [2.24, 2.45) is 4.99 Å². The quantitative estimate of drug-likeness (QED) is 0.0535. The molecule has 1 amide bonds. The number of carbonyl (C=O) groups excluding carboxylic acids is 2. The highest BCUT2D eigenvalue weighted by Gasteiger charge is 2.53. The first-order valence-corrected chi connectivity index (χ1v) is 29.8. The van der Waals surface area contributed by atoms with Crippen LogP contribution in [0.5, 0.6) is 11.5 Å². The van der Waals surface area contributed by atoms with Gasteiger partial charge in [0.05, 0.1) is 36.6 Å². The molecule has 0 spiro atoms. The number of nitrogens with zero attached hydrogens (tertiary/aromatic N) is 2. The summed E-state index contributed by atoms with van der Waals surface area (Å²) in [6.45, 7) is 10.2. The normalized spacial score (nSPS) is 16.8. The predicted octanol–water partition coefficient (Wildman–Crippen LogP) is 12.0. The molecule has 13 rings (SSSR count). The highest BCUT2D eigenvalue weighted by atomic mass is 19.2. The lowest BCUT2D eigenvalue weighted by Gasteiger charge is -2.32. The standard InChI is InChI=1S/C20H19BF2N2O4.C18H11BF2O2.C18H19BF2O2.C14H11BF2O2/c1-12(24-11-26)18-19(20(27)25(2)3)29-21(28-18)16-8-7-14(10-17(16)23)13-5-4-6-15(22)9-13;20-14-5-3-4-12(10-14)13-8-9-15(16(21)11-13)19-22-17-6-1-2-7-18(17)23-19;1-17(2)18(3,4)23-19(22-17)15-9-8-13(11-16(15)21)12-6-5-7-14(20)10-12;16-12-3-1-2-10(8-12)11-4-5-13(14(17)9-11)15-18-6-7-19-15/h4-10,12,18-19H,1-3H3;1-11H;5-11H,1-4H3;1-5,8-9H,6-7H2/t12?,18-,19+;;;/m0.../s1. The second-order valence-electron chi connectivity index (χ2n) is 23.3. The Balaban J connectivity index is 0.000000138. The van der Waals surface area contributed by atoms with Gasteiger partial charge in [-0.05, 0) is 164 Å². The fourth-order valence-electron chi connectivity index (χ4n) is 10.4. The van der Waals surface area contributed by atoms with E-state index in [0.29, 0.717) is 85.6 Å². The monoisotopic (exact) mass is 1280 g/mol. The minimum absolute atomic E-state index is 0.0893. The van der Waals surface area contributed by atoms with Crippen molar-refractivity contribution < 1.29 is 81.9 Å². The zero-order chi connectivity index (χ0) is 67.0. The second-order valence-corrected chi connectivity index (χ2v) is 23.3. The van der Waals surface area contributed by atoms with Gasteiger partial charge in [0.25, 0.3) is 5.91 Å². The summed E-state index contributed by atoms with van der Waals surface area (Å²) >= 11 is 0. The minimum atomic E-state index is -1.15. The Hall–Kier alpha value is -9.11. The van der Waals surface area contributed by atoms with Crippen LogP contribution in [0.3, 0.4) is 0 Å². The first-order valence-electron chi connectivity index (χ1n) is 29.8. The van der Waals surface area contributed by atoms with Gasteiger partial charge in [-0.2, -0.15) is 0 Å². The molecule has 3 atom stereocenters. The third-order valence-corrected chi connectivity index (χ3v) is 16.1. The van der Waals surface area contributed by atoms with E-state index in [9.17, 15) is 44.7 Å². The summed E-state index contributed by atoms with van der Waals surface area (Å²) in [6.07, 6.45) is -0.489. The zero-order valence-electron chi connectivity index (χ0n) is 51.9. The van der Waals surface area contributed by atoms with E-state index in [0.717, 1.165) is 0 Å². The van der Waals surface area contributed by atoms with E-state index in [2.05, 4.69) is 4.99 Å². The molecule has 0 saturated carbocycles. The minimum Gasteiger partial charge on any atom is -0.519 e. The van der Waals surface area contributed by atoms with Crippen LogP contribution in [-0.4, -0.2) is 102 Å². The number of carbonyl (C=O) groups is 1. The molecule has 0 bridgehead atoms. The molecule has 9 aromatic carbocycles. The average molecular weight is 1280 g/mol. The maximum Gasteiger partial charge on any atom is 0.635 e. The van der Waals surface area contributed by atoms with Gasteiger partial charge in [-0.15, -0.1) is 0 Å². The van der Waals surface area contributed by atoms with Gasteiger partial charge in [-0.25, -0.2) is 44.9 Å². The van der Waals surface area contributed by atoms with E-state index < -0.39 is 87.0 Å². The number of fused-ring (bicyclic) bond motifs is 1. The molecule has 9 aromatic rings. The van der Waals surface area contributed by atoms with E-state index in [1.54, 1.807) is 118 Å². The molecule has 4 aliphatic heterocycles. The Labute approximate surface area is 540 Å². The van der Waals surface area contributed by atoms with Gasteiger partial charge < -0.3 is 42.1 Å². The summed E-state index contributed by atoms with van der Waals surface area (Å²) in [5.41, 5.74) is 4.81. The van der Waals surface area contributed by atoms with Gasteiger partial charge in [0.15, 0.2) is 0 Å². The summed E-state index contributed by atoms with van der Waals surface area (Å²) in [6, 6.07) is 49.0. The van der Waals surface area contributed by atoms with Crippen LogP contribution in [-0.2, 0) is 37.5 Å². The third-order valence-electron chi connectivity index (χ3n) is 16.1. The summed E-state index contributed by atoms with van der Waals surface area (Å²) < 4.78 is 156. The highest BCUT2D eigenvalue weighted by molar-refractivity contribution is 6.64. The number of likely N-dealkylation sites (N-methyl/N-ethyl adjacent to an activating group) is 1. The van der Waals surface area contributed by atoms with Crippen LogP contribution < -0.4 is 31.2 Å². The van der Waals surface area contributed by atoms with Crippen molar-refractivity contribution in [1.82, 2.24) is 4.90 Å². The second kappa shape index (κ2) is 29.5. The molecule has 12 nitrogen and oxygen atoms in total. The van der Waals surface area contributed by atoms with Crippen molar-refractivity contribution >= 4 is 62.3 Å². The van der Waals surface area contributed by atoms with Crippen LogP contribution in [0.4, 0.5) is 35.1 Å². The van der Waals surface area contributed by atoms with E-state index in [1.807, 2.05) is 39.8 Å². The summed E-state index contributed by atoms with van der Waals surface area (Å²) in [4.78, 5) is 28.0. The highest BCUT2D eigenvalue weighted by Crippen LogP contribution is 2.38. The van der Waals surface area contributed by atoms with Crippen LogP contribution in [0.2, 0.25) is 0 Å². The molecule has 0 aliphatic carbocycles. The number of amides is 1. The van der Waals surface area contributed by atoms with Gasteiger partial charge in [-0.3, -0.25) is 4.79 Å². The molecule has 0 N–H and O–H groups in total. The van der Waals surface area contributed by atoms with E-state index >= 15 is 0 Å². The summed E-state index contributed by atoms with van der Waals surface area (Å²) in [5.74, 6) is -2.60. The van der Waals surface area contributed by atoms with Crippen LogP contribution >= 0.6 is 0 Å². The maximum atomic E-state index is 14.8. The molecule has 94 heavy (non-hydrogen) atoms. The fourth-order valence-corrected chi connectivity index (χ4v) is 10.4. The van der Waals surface area contributed by atoms with Crippen LogP contribution in [0.15, 0.2) is 199 Å². The topological polar surface area (TPSA) is 124 Å². The van der Waals surface area contributed by atoms with Gasteiger partial charge in [0.2, 0.25) is 6.08 Å². The van der Waals surface area contributed by atoms with Crippen molar-refractivity contribution in [3.63, 3.8) is 0 Å². The number of halogens is 8. The smallest absolute Gasteiger partial charge is 0.519 e. The molecule has 1 unspecified atom stereocenters. The fraction of sp³-hybridized carbons (Fsp3) is 0.200. The van der Waals surface area contributed by atoms with Crippen molar-refractivity contribution in [3.8, 4) is 56.0 Å². The Kier molecular flexibility index (Phi) is 21.2. The summed E-state index contributed by atoms with van der Waals surface area (Å²) in [5, 5.41) is 0.